The van der Waals surface area contributed by atoms with Gasteiger partial charge in [0.05, 0.1) is 5.03 Å². The van der Waals surface area contributed by atoms with Crippen LogP contribution in [0.2, 0.25) is 0 Å². The molecule has 0 saturated carbocycles. The lowest BCUT2D eigenvalue weighted by Gasteiger charge is -2.01. The zero-order chi connectivity index (χ0) is 12.4. The molecule has 0 amide bonds. The molecule has 0 saturated heterocycles. The smallest absolute Gasteiger partial charge is 0.0919 e. The highest BCUT2D eigenvalue weighted by atomic mass is 32.2. The van der Waals surface area contributed by atoms with Crippen LogP contribution in [0.3, 0.4) is 0 Å². The van der Waals surface area contributed by atoms with Crippen LogP contribution in [0.4, 0.5) is 0 Å². The second kappa shape index (κ2) is 5.12. The summed E-state index contributed by atoms with van der Waals surface area (Å²) in [7, 11) is 0. The molecule has 0 bridgehead atoms. The van der Waals surface area contributed by atoms with Gasteiger partial charge >= 0.3 is 0 Å². The molecular formula is C15H13NS2. The highest BCUT2D eigenvalue weighted by molar-refractivity contribution is 8.02. The van der Waals surface area contributed by atoms with Crippen LogP contribution in [0, 0.1) is 0 Å². The standard InChI is InChI=1S/C15H13NS2/c1-17-14-12-9-5-6-10-13(12)16-15(14)18-11-7-3-2-4-8-11/h2-10,16H,1H3. The van der Waals surface area contributed by atoms with E-state index in [1.807, 2.05) is 6.07 Å². The molecule has 2 aromatic carbocycles. The van der Waals surface area contributed by atoms with Crippen molar-refractivity contribution in [2.45, 2.75) is 14.8 Å². The van der Waals surface area contributed by atoms with Gasteiger partial charge in [0.1, 0.15) is 0 Å². The van der Waals surface area contributed by atoms with Gasteiger partial charge in [0.25, 0.3) is 0 Å². The number of aromatic amines is 1. The molecule has 0 aliphatic heterocycles. The van der Waals surface area contributed by atoms with E-state index in [1.165, 1.54) is 25.7 Å². The Morgan fingerprint density at radius 3 is 2.39 bits per heavy atom. The van der Waals surface area contributed by atoms with Crippen LogP contribution in [0.1, 0.15) is 0 Å². The molecule has 0 fully saturated rings. The second-order valence-electron chi connectivity index (χ2n) is 3.95. The van der Waals surface area contributed by atoms with Gasteiger partial charge in [-0.1, -0.05) is 48.2 Å². The number of rotatable bonds is 3. The fourth-order valence-corrected chi connectivity index (χ4v) is 3.87. The van der Waals surface area contributed by atoms with Crippen molar-refractivity contribution < 1.29 is 0 Å². The number of H-pyrrole nitrogens is 1. The van der Waals surface area contributed by atoms with E-state index in [-0.39, 0.29) is 0 Å². The van der Waals surface area contributed by atoms with E-state index in [4.69, 9.17) is 0 Å². The number of hydrogen-bond donors (Lipinski definition) is 1. The van der Waals surface area contributed by atoms with E-state index in [1.54, 1.807) is 23.5 Å². The molecule has 0 aliphatic rings. The maximum Gasteiger partial charge on any atom is 0.0919 e. The summed E-state index contributed by atoms with van der Waals surface area (Å²) < 4.78 is 0. The van der Waals surface area contributed by atoms with E-state index in [0.29, 0.717) is 0 Å². The highest BCUT2D eigenvalue weighted by Crippen LogP contribution is 2.38. The third-order valence-corrected chi connectivity index (χ3v) is 4.77. The Labute approximate surface area is 115 Å². The van der Waals surface area contributed by atoms with Crippen molar-refractivity contribution in [1.29, 1.82) is 0 Å². The maximum atomic E-state index is 3.51. The predicted molar refractivity (Wildman–Crippen MR) is 80.6 cm³/mol. The van der Waals surface area contributed by atoms with Crippen molar-refractivity contribution in [3.8, 4) is 0 Å². The first-order valence-corrected chi connectivity index (χ1v) is 7.80. The van der Waals surface area contributed by atoms with Crippen molar-refractivity contribution in [1.82, 2.24) is 4.98 Å². The van der Waals surface area contributed by atoms with Crippen LogP contribution in [0.5, 0.6) is 0 Å². The molecule has 3 rings (SSSR count). The minimum absolute atomic E-state index is 1.21. The second-order valence-corrected chi connectivity index (χ2v) is 5.85. The monoisotopic (exact) mass is 271 g/mol. The molecule has 1 N–H and O–H groups in total. The number of thioether (sulfide) groups is 1. The van der Waals surface area contributed by atoms with Crippen LogP contribution in [0.15, 0.2) is 69.4 Å². The van der Waals surface area contributed by atoms with Crippen LogP contribution in [-0.2, 0) is 0 Å². The first-order chi connectivity index (χ1) is 8.88. The minimum atomic E-state index is 1.21. The topological polar surface area (TPSA) is 15.8 Å². The van der Waals surface area contributed by atoms with Gasteiger partial charge < -0.3 is 4.98 Å². The number of para-hydroxylation sites is 1. The first-order valence-electron chi connectivity index (χ1n) is 5.76. The number of fused-ring (bicyclic) bond motifs is 1. The number of aromatic nitrogens is 1. The van der Waals surface area contributed by atoms with Gasteiger partial charge in [-0.25, -0.2) is 0 Å². The Kier molecular flexibility index (Phi) is 3.35. The molecule has 0 atom stereocenters. The zero-order valence-corrected chi connectivity index (χ0v) is 11.6. The van der Waals surface area contributed by atoms with E-state index in [0.717, 1.165) is 0 Å². The zero-order valence-electron chi connectivity index (χ0n) is 10.0. The van der Waals surface area contributed by atoms with Crippen molar-refractivity contribution in [2.75, 3.05) is 6.26 Å². The molecule has 0 aliphatic carbocycles. The normalized spacial score (nSPS) is 10.9. The summed E-state index contributed by atoms with van der Waals surface area (Å²) in [5.74, 6) is 0. The van der Waals surface area contributed by atoms with Gasteiger partial charge in [0.15, 0.2) is 0 Å². The third-order valence-electron chi connectivity index (χ3n) is 2.79. The van der Waals surface area contributed by atoms with Crippen LogP contribution in [0.25, 0.3) is 10.9 Å². The summed E-state index contributed by atoms with van der Waals surface area (Å²) in [4.78, 5) is 6.10. The fraction of sp³-hybridized carbons (Fsp3) is 0.0667. The minimum Gasteiger partial charge on any atom is -0.348 e. The van der Waals surface area contributed by atoms with Crippen molar-refractivity contribution in [3.05, 3.63) is 54.6 Å². The summed E-state index contributed by atoms with van der Waals surface area (Å²) in [6, 6.07) is 18.9. The predicted octanol–water partition coefficient (Wildman–Crippen LogP) is 5.04. The number of nitrogens with one attached hydrogen (secondary N) is 1. The lowest BCUT2D eigenvalue weighted by atomic mass is 10.2. The van der Waals surface area contributed by atoms with Gasteiger partial charge in [0.2, 0.25) is 0 Å². The van der Waals surface area contributed by atoms with E-state index >= 15 is 0 Å². The molecule has 0 unspecified atom stereocenters. The summed E-state index contributed by atoms with van der Waals surface area (Å²) in [6.45, 7) is 0. The lowest BCUT2D eigenvalue weighted by molar-refractivity contribution is 1.15. The fourth-order valence-electron chi connectivity index (χ4n) is 1.97. The Morgan fingerprint density at radius 2 is 1.61 bits per heavy atom. The molecule has 3 heteroatoms. The van der Waals surface area contributed by atoms with Crippen molar-refractivity contribution >= 4 is 34.4 Å². The Morgan fingerprint density at radius 1 is 0.889 bits per heavy atom. The van der Waals surface area contributed by atoms with E-state index in [2.05, 4.69) is 59.8 Å². The summed E-state index contributed by atoms with van der Waals surface area (Å²) >= 11 is 3.59. The average molecular weight is 271 g/mol. The molecule has 18 heavy (non-hydrogen) atoms. The number of benzene rings is 2. The van der Waals surface area contributed by atoms with E-state index < -0.39 is 0 Å². The first kappa shape index (κ1) is 11.8. The molecule has 0 spiro atoms. The summed E-state index contributed by atoms with van der Waals surface area (Å²) in [5, 5.41) is 2.54. The molecule has 90 valence electrons. The van der Waals surface area contributed by atoms with Crippen LogP contribution in [-0.4, -0.2) is 11.2 Å². The molecule has 0 radical (unpaired) electrons. The quantitative estimate of drug-likeness (QED) is 0.671. The van der Waals surface area contributed by atoms with Crippen LogP contribution < -0.4 is 0 Å². The maximum absolute atomic E-state index is 3.51. The van der Waals surface area contributed by atoms with Crippen LogP contribution >= 0.6 is 23.5 Å². The number of hydrogen-bond acceptors (Lipinski definition) is 2. The lowest BCUT2D eigenvalue weighted by Crippen LogP contribution is -1.75. The SMILES string of the molecule is CSc1c(Sc2ccccc2)[nH]c2ccccc12. The molecular weight excluding hydrogens is 258 g/mol. The van der Waals surface area contributed by atoms with Gasteiger partial charge in [-0.15, -0.1) is 11.8 Å². The highest BCUT2D eigenvalue weighted by Gasteiger charge is 2.11. The Balaban J connectivity index is 2.06. The Hall–Kier alpha value is -1.32. The van der Waals surface area contributed by atoms with Gasteiger partial charge in [-0.2, -0.15) is 0 Å². The molecule has 1 nitrogen and oxygen atoms in total. The van der Waals surface area contributed by atoms with Gasteiger partial charge in [-0.05, 0) is 24.5 Å². The van der Waals surface area contributed by atoms with Gasteiger partial charge in [0, 0.05) is 20.7 Å². The average Bonchev–Trinajstić information content (AvgIpc) is 2.77. The molecule has 1 aromatic heterocycles. The largest absolute Gasteiger partial charge is 0.348 e. The van der Waals surface area contributed by atoms with Crippen molar-refractivity contribution in [3.63, 3.8) is 0 Å². The van der Waals surface area contributed by atoms with Crippen molar-refractivity contribution in [2.24, 2.45) is 0 Å². The van der Waals surface area contributed by atoms with E-state index in [9.17, 15) is 0 Å². The van der Waals surface area contributed by atoms with Gasteiger partial charge in [-0.3, -0.25) is 0 Å². The third kappa shape index (κ3) is 2.16. The Bertz CT molecular complexity index is 659. The molecule has 1 heterocycles. The molecule has 3 aromatic rings. The summed E-state index contributed by atoms with van der Waals surface area (Å²) in [5.41, 5.74) is 1.21. The summed E-state index contributed by atoms with van der Waals surface area (Å²) in [6.07, 6.45) is 2.13.